The summed E-state index contributed by atoms with van der Waals surface area (Å²) < 4.78 is 59.9. The molecule has 0 bridgehead atoms. The third-order valence-corrected chi connectivity index (χ3v) is 11.5. The Balaban J connectivity index is 1.31. The minimum atomic E-state index is -3.53. The molecule has 1 atom stereocenters. The minimum Gasteiger partial charge on any atom is -0.380 e. The van der Waals surface area contributed by atoms with Crippen molar-refractivity contribution in [2.75, 3.05) is 69.4 Å². The molecule has 5 rings (SSSR count). The maximum absolute atomic E-state index is 13.4. The van der Waals surface area contributed by atoms with Crippen LogP contribution in [0, 0.1) is 0 Å². The van der Waals surface area contributed by atoms with Crippen molar-refractivity contribution in [1.82, 2.24) is 14.9 Å². The molecule has 3 aliphatic rings. The number of hydrazone groups is 1. The molecule has 0 spiro atoms. The number of anilines is 1. The predicted octanol–water partition coefficient (Wildman–Crippen LogP) is 0.611. The van der Waals surface area contributed by atoms with Crippen LogP contribution in [0.25, 0.3) is 0 Å². The predicted molar refractivity (Wildman–Crippen MR) is 146 cm³/mol. The van der Waals surface area contributed by atoms with Crippen molar-refractivity contribution in [3.05, 3.63) is 40.9 Å². The van der Waals surface area contributed by atoms with Crippen molar-refractivity contribution in [1.29, 1.82) is 0 Å². The van der Waals surface area contributed by atoms with Crippen LogP contribution in [-0.2, 0) is 40.5 Å². The van der Waals surface area contributed by atoms with E-state index in [4.69, 9.17) is 9.47 Å². The fraction of sp³-hybridized carbons (Fsp3) is 0.542. The number of hydrogen-bond donors (Lipinski definition) is 1. The van der Waals surface area contributed by atoms with E-state index in [1.807, 2.05) is 0 Å². The van der Waals surface area contributed by atoms with Gasteiger partial charge in [-0.1, -0.05) is 12.1 Å². The Hall–Kier alpha value is -2.43. The van der Waals surface area contributed by atoms with Crippen LogP contribution >= 0.6 is 11.3 Å². The first-order valence-corrected chi connectivity index (χ1v) is 16.9. The number of morpholine rings is 1. The lowest BCUT2D eigenvalue weighted by Gasteiger charge is -2.25. The first-order chi connectivity index (χ1) is 18.7. The summed E-state index contributed by atoms with van der Waals surface area (Å²) in [5.74, 6) is -0.178. The van der Waals surface area contributed by atoms with Gasteiger partial charge in [-0.05, 0) is 18.6 Å². The van der Waals surface area contributed by atoms with Gasteiger partial charge in [0.15, 0.2) is 30.5 Å². The van der Waals surface area contributed by atoms with E-state index in [0.29, 0.717) is 69.7 Å². The molecule has 4 heterocycles. The molecule has 2 aromatic rings. The summed E-state index contributed by atoms with van der Waals surface area (Å²) in [7, 11) is -6.49. The number of ether oxygens (including phenoxy) is 2. The van der Waals surface area contributed by atoms with E-state index in [9.17, 15) is 21.6 Å². The number of rotatable bonds is 8. The van der Waals surface area contributed by atoms with Crippen molar-refractivity contribution in [2.24, 2.45) is 5.10 Å². The van der Waals surface area contributed by atoms with Crippen molar-refractivity contribution >= 4 is 47.8 Å². The lowest BCUT2D eigenvalue weighted by molar-refractivity contribution is -0.110. The van der Waals surface area contributed by atoms with Gasteiger partial charge in [-0.3, -0.25) is 20.0 Å². The second-order valence-electron chi connectivity index (χ2n) is 9.58. The lowest BCUT2D eigenvalue weighted by Crippen LogP contribution is -2.39. The zero-order valence-electron chi connectivity index (χ0n) is 21.3. The molecule has 3 saturated heterocycles. The normalized spacial score (nSPS) is 22.6. The van der Waals surface area contributed by atoms with Crippen molar-refractivity contribution in [2.45, 2.75) is 23.1 Å². The van der Waals surface area contributed by atoms with Gasteiger partial charge in [0.05, 0.1) is 54.6 Å². The zero-order valence-corrected chi connectivity index (χ0v) is 23.8. The number of carbonyl (C=O) groups excluding carboxylic acids is 1. The smallest absolute Gasteiger partial charge is 0.278 e. The van der Waals surface area contributed by atoms with E-state index in [0.717, 1.165) is 4.88 Å². The van der Waals surface area contributed by atoms with Crippen LogP contribution in [0.15, 0.2) is 40.5 Å². The summed E-state index contributed by atoms with van der Waals surface area (Å²) in [5.41, 5.74) is 0.620. The molecule has 0 aliphatic carbocycles. The second kappa shape index (κ2) is 12.0. The van der Waals surface area contributed by atoms with E-state index in [1.165, 1.54) is 23.5 Å². The highest BCUT2D eigenvalue weighted by atomic mass is 32.2. The van der Waals surface area contributed by atoms with Gasteiger partial charge < -0.3 is 9.47 Å². The maximum Gasteiger partial charge on any atom is 0.278 e. The molecule has 12 nitrogen and oxygen atoms in total. The SMILES string of the molecule is O=C(Nc1ncc(CN2CCS(=O)(=O)CC2)s1)/C(=N/N1CCOCC1)c1ccc(S(=O)(=O)[C@H]2CCOC2)cc1. The van der Waals surface area contributed by atoms with Crippen LogP contribution in [-0.4, -0.2) is 113 Å². The Bertz CT molecular complexity index is 1400. The van der Waals surface area contributed by atoms with Crippen LogP contribution in [0.2, 0.25) is 0 Å². The summed E-state index contributed by atoms with van der Waals surface area (Å²) in [6, 6.07) is 6.20. The molecule has 1 aromatic heterocycles. The average Bonchev–Trinajstić information content (AvgIpc) is 3.62. The molecule has 0 unspecified atom stereocenters. The first kappa shape index (κ1) is 28.1. The highest BCUT2D eigenvalue weighted by molar-refractivity contribution is 7.92. The lowest BCUT2D eigenvalue weighted by atomic mass is 10.1. The van der Waals surface area contributed by atoms with Crippen LogP contribution < -0.4 is 5.32 Å². The Morgan fingerprint density at radius 2 is 1.79 bits per heavy atom. The quantitative estimate of drug-likeness (QED) is 0.429. The molecule has 3 fully saturated rings. The Kier molecular flexibility index (Phi) is 8.63. The molecule has 39 heavy (non-hydrogen) atoms. The fourth-order valence-corrected chi connectivity index (χ4v) is 8.21. The monoisotopic (exact) mass is 597 g/mol. The molecule has 1 N–H and O–H groups in total. The van der Waals surface area contributed by atoms with Crippen molar-refractivity contribution < 1.29 is 31.1 Å². The van der Waals surface area contributed by atoms with E-state index >= 15 is 0 Å². The first-order valence-electron chi connectivity index (χ1n) is 12.7. The summed E-state index contributed by atoms with van der Waals surface area (Å²) in [6.07, 6.45) is 2.14. The molecule has 0 saturated carbocycles. The summed E-state index contributed by atoms with van der Waals surface area (Å²) in [6.45, 7) is 4.14. The van der Waals surface area contributed by atoms with Crippen molar-refractivity contribution in [3.63, 3.8) is 0 Å². The molecule has 212 valence electrons. The molecule has 3 aliphatic heterocycles. The fourth-order valence-electron chi connectivity index (χ4n) is 4.51. The highest BCUT2D eigenvalue weighted by Crippen LogP contribution is 2.24. The average molecular weight is 598 g/mol. The molecule has 1 aromatic carbocycles. The summed E-state index contributed by atoms with van der Waals surface area (Å²) >= 11 is 1.32. The van der Waals surface area contributed by atoms with Crippen LogP contribution in [0.3, 0.4) is 0 Å². The summed E-state index contributed by atoms with van der Waals surface area (Å²) in [5, 5.41) is 9.00. The summed E-state index contributed by atoms with van der Waals surface area (Å²) in [4.78, 5) is 20.9. The topological polar surface area (TPSA) is 148 Å². The standard InChI is InChI=1S/C24H31N5O7S3/c30-23(26-24-25-15-19(37-24)16-28-8-13-38(31,32)14-9-28)22(27-29-6-11-35-12-7-29)18-1-3-20(4-2-18)39(33,34)21-5-10-36-17-21/h1-4,15,21H,5-14,16-17H2,(H,25,26,30)/b27-22+/t21-/m0/s1. The number of amides is 1. The minimum absolute atomic E-state index is 0.142. The molecular weight excluding hydrogens is 566 g/mol. The van der Waals surface area contributed by atoms with Gasteiger partial charge in [-0.2, -0.15) is 5.10 Å². The van der Waals surface area contributed by atoms with Gasteiger partial charge in [-0.15, -0.1) is 11.3 Å². The largest absolute Gasteiger partial charge is 0.380 e. The maximum atomic E-state index is 13.4. The number of sulfone groups is 2. The van der Waals surface area contributed by atoms with Crippen LogP contribution in [0.4, 0.5) is 5.13 Å². The number of nitrogens with one attached hydrogen (secondary N) is 1. The number of carbonyl (C=O) groups is 1. The van der Waals surface area contributed by atoms with Gasteiger partial charge in [0, 0.05) is 42.9 Å². The number of aromatic nitrogens is 1. The Morgan fingerprint density at radius 3 is 2.46 bits per heavy atom. The second-order valence-corrected chi connectivity index (χ2v) is 15.2. The van der Waals surface area contributed by atoms with E-state index in [-0.39, 0.29) is 28.7 Å². The number of hydrogen-bond acceptors (Lipinski definition) is 12. The Morgan fingerprint density at radius 1 is 1.08 bits per heavy atom. The van der Waals surface area contributed by atoms with Gasteiger partial charge >= 0.3 is 0 Å². The van der Waals surface area contributed by atoms with E-state index in [2.05, 4.69) is 20.3 Å². The van der Waals surface area contributed by atoms with Crippen LogP contribution in [0.5, 0.6) is 0 Å². The zero-order chi connectivity index (χ0) is 27.5. The molecule has 1 amide bonds. The highest BCUT2D eigenvalue weighted by Gasteiger charge is 2.31. The Labute approximate surface area is 231 Å². The number of nitrogens with zero attached hydrogens (tertiary/aromatic N) is 4. The van der Waals surface area contributed by atoms with Gasteiger partial charge in [0.25, 0.3) is 5.91 Å². The number of thiazole rings is 1. The van der Waals surface area contributed by atoms with Crippen molar-refractivity contribution in [3.8, 4) is 0 Å². The number of benzene rings is 1. The van der Waals surface area contributed by atoms with Gasteiger partial charge in [0.1, 0.15) is 0 Å². The third-order valence-electron chi connectivity index (χ3n) is 6.82. The molecule has 0 radical (unpaired) electrons. The molecular formula is C24H31N5O7S3. The van der Waals surface area contributed by atoms with Gasteiger partial charge in [-0.25, -0.2) is 21.8 Å². The van der Waals surface area contributed by atoms with Gasteiger partial charge in [0.2, 0.25) is 0 Å². The molecule has 15 heteroatoms. The van der Waals surface area contributed by atoms with E-state index in [1.54, 1.807) is 23.3 Å². The van der Waals surface area contributed by atoms with Crippen LogP contribution in [0.1, 0.15) is 16.9 Å². The third kappa shape index (κ3) is 7.02. The van der Waals surface area contributed by atoms with E-state index < -0.39 is 30.8 Å².